The minimum absolute atomic E-state index is 0.0398. The Labute approximate surface area is 118 Å². The van der Waals surface area contributed by atoms with Crippen molar-refractivity contribution < 1.29 is 9.53 Å². The summed E-state index contributed by atoms with van der Waals surface area (Å²) < 4.78 is 5.12. The second kappa shape index (κ2) is 7.01. The van der Waals surface area contributed by atoms with E-state index < -0.39 is 0 Å². The van der Waals surface area contributed by atoms with Crippen LogP contribution in [0.4, 0.5) is 0 Å². The van der Waals surface area contributed by atoms with Gasteiger partial charge in [-0.2, -0.15) is 0 Å². The molecule has 0 amide bonds. The van der Waals surface area contributed by atoms with Crippen LogP contribution in [-0.2, 0) is 22.5 Å². The van der Waals surface area contributed by atoms with Gasteiger partial charge < -0.3 is 4.74 Å². The van der Waals surface area contributed by atoms with Crippen LogP contribution in [0.25, 0.3) is 0 Å². The first kappa shape index (κ1) is 14.5. The molecule has 2 rings (SSSR count). The summed E-state index contributed by atoms with van der Waals surface area (Å²) in [4.78, 5) is 18.7. The fourth-order valence-electron chi connectivity index (χ4n) is 2.46. The smallest absolute Gasteiger partial charge is 0.310 e. The summed E-state index contributed by atoms with van der Waals surface area (Å²) in [5.74, 6) is -0.00212. The molecule has 4 nitrogen and oxygen atoms in total. The van der Waals surface area contributed by atoms with Crippen molar-refractivity contribution in [3.05, 3.63) is 16.1 Å². The number of rotatable bonds is 5. The van der Waals surface area contributed by atoms with Gasteiger partial charge in [0, 0.05) is 18.5 Å². The summed E-state index contributed by atoms with van der Waals surface area (Å²) in [6.07, 6.45) is 3.01. The standard InChI is InChI=1S/C14H22N2O2S/c1-3-13-15-12(10-19-13)9-16-7-5-6-11(8-16)14(17)18-4-2/h10-11H,3-9H2,1-2H3. The van der Waals surface area contributed by atoms with Crippen molar-refractivity contribution in [1.82, 2.24) is 9.88 Å². The van der Waals surface area contributed by atoms with Gasteiger partial charge in [-0.15, -0.1) is 11.3 Å². The second-order valence-corrected chi connectivity index (χ2v) is 5.86. The molecular formula is C14H22N2O2S. The van der Waals surface area contributed by atoms with E-state index in [0.717, 1.165) is 44.6 Å². The highest BCUT2D eigenvalue weighted by atomic mass is 32.1. The SMILES string of the molecule is CCOC(=O)C1CCCN(Cc2csc(CC)n2)C1. The quantitative estimate of drug-likeness (QED) is 0.778. The average molecular weight is 282 g/mol. The molecule has 1 aliphatic heterocycles. The maximum atomic E-state index is 11.8. The van der Waals surface area contributed by atoms with Crippen molar-refractivity contribution in [2.24, 2.45) is 5.92 Å². The van der Waals surface area contributed by atoms with Crippen LogP contribution in [0.3, 0.4) is 0 Å². The first-order valence-corrected chi connectivity index (χ1v) is 7.93. The van der Waals surface area contributed by atoms with Gasteiger partial charge in [0.1, 0.15) is 0 Å². The van der Waals surface area contributed by atoms with Gasteiger partial charge in [-0.1, -0.05) is 6.92 Å². The summed E-state index contributed by atoms with van der Waals surface area (Å²) in [5, 5.41) is 3.32. The lowest BCUT2D eigenvalue weighted by Crippen LogP contribution is -2.39. The predicted molar refractivity (Wildman–Crippen MR) is 76.1 cm³/mol. The number of hydrogen-bond acceptors (Lipinski definition) is 5. The molecule has 5 heteroatoms. The van der Waals surface area contributed by atoms with Crippen LogP contribution in [0, 0.1) is 5.92 Å². The van der Waals surface area contributed by atoms with Crippen LogP contribution in [0.1, 0.15) is 37.4 Å². The van der Waals surface area contributed by atoms with Gasteiger partial charge >= 0.3 is 5.97 Å². The van der Waals surface area contributed by atoms with E-state index in [0.29, 0.717) is 6.61 Å². The van der Waals surface area contributed by atoms with E-state index in [1.807, 2.05) is 6.92 Å². The Hall–Kier alpha value is -0.940. The molecule has 0 spiro atoms. The number of thiazole rings is 1. The predicted octanol–water partition coefficient (Wildman–Crippen LogP) is 2.48. The van der Waals surface area contributed by atoms with Crippen LogP contribution < -0.4 is 0 Å². The first-order valence-electron chi connectivity index (χ1n) is 7.05. The Morgan fingerprint density at radius 2 is 2.42 bits per heavy atom. The Morgan fingerprint density at radius 3 is 3.11 bits per heavy atom. The minimum Gasteiger partial charge on any atom is -0.466 e. The van der Waals surface area contributed by atoms with Crippen molar-refractivity contribution in [2.75, 3.05) is 19.7 Å². The molecule has 1 atom stereocenters. The zero-order chi connectivity index (χ0) is 13.7. The first-order chi connectivity index (χ1) is 9.22. The molecule has 0 aliphatic carbocycles. The fraction of sp³-hybridized carbons (Fsp3) is 0.714. The maximum Gasteiger partial charge on any atom is 0.310 e. The largest absolute Gasteiger partial charge is 0.466 e. The lowest BCUT2D eigenvalue weighted by Gasteiger charge is -2.30. The molecule has 0 radical (unpaired) electrons. The third-order valence-corrected chi connectivity index (χ3v) is 4.45. The maximum absolute atomic E-state index is 11.8. The van der Waals surface area contributed by atoms with Crippen LogP contribution in [0.2, 0.25) is 0 Å². The van der Waals surface area contributed by atoms with E-state index in [9.17, 15) is 4.79 Å². The van der Waals surface area contributed by atoms with Crippen LogP contribution in [0.5, 0.6) is 0 Å². The summed E-state index contributed by atoms with van der Waals surface area (Å²) in [7, 11) is 0. The minimum atomic E-state index is -0.0419. The molecule has 1 saturated heterocycles. The van der Waals surface area contributed by atoms with E-state index in [1.165, 1.54) is 5.01 Å². The Bertz CT molecular complexity index is 419. The average Bonchev–Trinajstić information content (AvgIpc) is 2.87. The van der Waals surface area contributed by atoms with Gasteiger partial charge in [-0.25, -0.2) is 4.98 Å². The van der Waals surface area contributed by atoms with Gasteiger partial charge in [0.15, 0.2) is 0 Å². The highest BCUT2D eigenvalue weighted by molar-refractivity contribution is 7.09. The number of aromatic nitrogens is 1. The number of esters is 1. The molecule has 0 N–H and O–H groups in total. The van der Waals surface area contributed by atoms with Crippen molar-refractivity contribution in [3.8, 4) is 0 Å². The van der Waals surface area contributed by atoms with Gasteiger partial charge in [0.2, 0.25) is 0 Å². The molecule has 1 fully saturated rings. The summed E-state index contributed by atoms with van der Waals surface area (Å²) >= 11 is 1.72. The Balaban J connectivity index is 1.88. The van der Waals surface area contributed by atoms with Gasteiger partial charge in [-0.3, -0.25) is 9.69 Å². The highest BCUT2D eigenvalue weighted by Gasteiger charge is 2.27. The summed E-state index contributed by atoms with van der Waals surface area (Å²) in [5.41, 5.74) is 1.13. The van der Waals surface area contributed by atoms with Crippen LogP contribution in [0.15, 0.2) is 5.38 Å². The normalized spacial score (nSPS) is 20.4. The molecule has 0 bridgehead atoms. The number of piperidine rings is 1. The summed E-state index contributed by atoms with van der Waals surface area (Å²) in [6, 6.07) is 0. The molecule has 0 saturated carbocycles. The topological polar surface area (TPSA) is 42.4 Å². The Morgan fingerprint density at radius 1 is 1.58 bits per heavy atom. The van der Waals surface area contributed by atoms with E-state index in [1.54, 1.807) is 11.3 Å². The van der Waals surface area contributed by atoms with Gasteiger partial charge in [-0.05, 0) is 32.7 Å². The van der Waals surface area contributed by atoms with E-state index in [2.05, 4.69) is 22.2 Å². The molecule has 0 aromatic carbocycles. The monoisotopic (exact) mass is 282 g/mol. The molecule has 1 aromatic heterocycles. The van der Waals surface area contributed by atoms with E-state index in [4.69, 9.17) is 4.74 Å². The van der Waals surface area contributed by atoms with Crippen molar-refractivity contribution >= 4 is 17.3 Å². The van der Waals surface area contributed by atoms with Gasteiger partial charge in [0.05, 0.1) is 23.2 Å². The highest BCUT2D eigenvalue weighted by Crippen LogP contribution is 2.20. The fourth-order valence-corrected chi connectivity index (χ4v) is 3.20. The third kappa shape index (κ3) is 4.01. The number of hydrogen-bond donors (Lipinski definition) is 0. The van der Waals surface area contributed by atoms with Crippen LogP contribution >= 0.6 is 11.3 Å². The molecule has 19 heavy (non-hydrogen) atoms. The lowest BCUT2D eigenvalue weighted by atomic mass is 9.98. The number of nitrogens with zero attached hydrogens (tertiary/aromatic N) is 2. The van der Waals surface area contributed by atoms with Crippen molar-refractivity contribution in [3.63, 3.8) is 0 Å². The van der Waals surface area contributed by atoms with Crippen LogP contribution in [-0.4, -0.2) is 35.5 Å². The van der Waals surface area contributed by atoms with E-state index in [-0.39, 0.29) is 11.9 Å². The molecule has 106 valence electrons. The Kier molecular flexibility index (Phi) is 5.34. The number of likely N-dealkylation sites (tertiary alicyclic amines) is 1. The zero-order valence-corrected chi connectivity index (χ0v) is 12.5. The zero-order valence-electron chi connectivity index (χ0n) is 11.7. The molecule has 1 aromatic rings. The molecule has 2 heterocycles. The number of ether oxygens (including phenoxy) is 1. The molecule has 1 aliphatic rings. The number of carbonyl (C=O) groups excluding carboxylic acids is 1. The number of aryl methyl sites for hydroxylation is 1. The summed E-state index contributed by atoms with van der Waals surface area (Å²) in [6.45, 7) is 7.17. The molecule has 1 unspecified atom stereocenters. The lowest BCUT2D eigenvalue weighted by molar-refractivity contribution is -0.150. The third-order valence-electron chi connectivity index (χ3n) is 3.41. The van der Waals surface area contributed by atoms with Gasteiger partial charge in [0.25, 0.3) is 0 Å². The van der Waals surface area contributed by atoms with Crippen molar-refractivity contribution in [1.29, 1.82) is 0 Å². The van der Waals surface area contributed by atoms with Crippen molar-refractivity contribution in [2.45, 2.75) is 39.7 Å². The second-order valence-electron chi connectivity index (χ2n) is 4.91. The molecular weight excluding hydrogens is 260 g/mol. The van der Waals surface area contributed by atoms with E-state index >= 15 is 0 Å². The number of carbonyl (C=O) groups is 1.